The van der Waals surface area contributed by atoms with Crippen molar-refractivity contribution in [3.63, 3.8) is 0 Å². The van der Waals surface area contributed by atoms with Gasteiger partial charge in [0.2, 0.25) is 0 Å². The van der Waals surface area contributed by atoms with Gasteiger partial charge in [0.1, 0.15) is 10.7 Å². The van der Waals surface area contributed by atoms with E-state index in [-0.39, 0.29) is 16.3 Å². The number of nitrogens with zero attached hydrogens (tertiary/aromatic N) is 1. The smallest absolute Gasteiger partial charge is 0.416 e. The number of fused-ring (bicyclic) bond motifs is 1. The van der Waals surface area contributed by atoms with E-state index >= 15 is 0 Å². The SMILES string of the molecule is N[C@]12CCCC[C@@H]1CCN(c1ccc(C(F)(F)F)cc1NC(=S)c1ccc(O)cc1)C2. The monoisotopic (exact) mass is 449 g/mol. The van der Waals surface area contributed by atoms with E-state index < -0.39 is 11.7 Å². The topological polar surface area (TPSA) is 61.5 Å². The van der Waals surface area contributed by atoms with Crippen molar-refractivity contribution in [1.82, 2.24) is 0 Å². The first-order chi connectivity index (χ1) is 14.7. The molecule has 2 atom stereocenters. The minimum Gasteiger partial charge on any atom is -0.508 e. The van der Waals surface area contributed by atoms with Crippen LogP contribution in [0, 0.1) is 5.92 Å². The van der Waals surface area contributed by atoms with Gasteiger partial charge in [-0.25, -0.2) is 0 Å². The van der Waals surface area contributed by atoms with E-state index in [1.165, 1.54) is 24.6 Å². The summed E-state index contributed by atoms with van der Waals surface area (Å²) in [7, 11) is 0. The van der Waals surface area contributed by atoms with E-state index in [0.717, 1.165) is 44.4 Å². The van der Waals surface area contributed by atoms with Gasteiger partial charge in [0.15, 0.2) is 0 Å². The Morgan fingerprint density at radius 2 is 1.87 bits per heavy atom. The minimum atomic E-state index is -4.46. The minimum absolute atomic E-state index is 0.0925. The molecule has 1 aliphatic heterocycles. The molecule has 0 aromatic heterocycles. The third-order valence-corrected chi connectivity index (χ3v) is 6.87. The molecule has 4 N–H and O–H groups in total. The maximum atomic E-state index is 13.4. The van der Waals surface area contributed by atoms with Crippen LogP contribution in [0.5, 0.6) is 5.75 Å². The molecule has 0 spiro atoms. The highest BCUT2D eigenvalue weighted by molar-refractivity contribution is 7.81. The van der Waals surface area contributed by atoms with E-state index in [2.05, 4.69) is 10.2 Å². The molecule has 0 bridgehead atoms. The van der Waals surface area contributed by atoms with Crippen LogP contribution in [0.2, 0.25) is 0 Å². The molecule has 1 saturated heterocycles. The fourth-order valence-corrected chi connectivity index (χ4v) is 5.07. The van der Waals surface area contributed by atoms with Crippen LogP contribution in [0.3, 0.4) is 0 Å². The number of alkyl halides is 3. The molecule has 4 nitrogen and oxygen atoms in total. The van der Waals surface area contributed by atoms with Crippen LogP contribution in [0.15, 0.2) is 42.5 Å². The van der Waals surface area contributed by atoms with Crippen LogP contribution in [-0.2, 0) is 6.18 Å². The first kappa shape index (κ1) is 21.9. The first-order valence-corrected chi connectivity index (χ1v) is 10.9. The van der Waals surface area contributed by atoms with Gasteiger partial charge in [-0.3, -0.25) is 0 Å². The van der Waals surface area contributed by atoms with Gasteiger partial charge in [0.05, 0.1) is 16.9 Å². The molecule has 1 saturated carbocycles. The lowest BCUT2D eigenvalue weighted by Gasteiger charge is -2.49. The molecule has 2 aromatic rings. The Labute approximate surface area is 185 Å². The summed E-state index contributed by atoms with van der Waals surface area (Å²) in [5, 5.41) is 12.5. The van der Waals surface area contributed by atoms with Crippen molar-refractivity contribution in [1.29, 1.82) is 0 Å². The Kier molecular flexibility index (Phi) is 5.87. The molecule has 0 unspecified atom stereocenters. The summed E-state index contributed by atoms with van der Waals surface area (Å²) in [6, 6.07) is 9.96. The zero-order valence-corrected chi connectivity index (χ0v) is 17.9. The lowest BCUT2D eigenvalue weighted by Crippen LogP contribution is -2.61. The number of aromatic hydroxyl groups is 1. The van der Waals surface area contributed by atoms with Gasteiger partial charge in [0.25, 0.3) is 0 Å². The second kappa shape index (κ2) is 8.31. The molecule has 2 aliphatic rings. The Bertz CT molecular complexity index is 964. The fourth-order valence-electron chi connectivity index (χ4n) is 4.82. The molecule has 1 aliphatic carbocycles. The standard InChI is InChI=1S/C23H26F3N3OS/c24-23(25,26)17-6-9-20(29-12-10-16-3-1-2-11-22(16,27)14-29)19(13-17)28-21(31)15-4-7-18(30)8-5-15/h4-9,13,16,30H,1-3,10-12,14,27H2,(H,28,31)/t16-,22+/m1/s1. The molecule has 1 heterocycles. The zero-order valence-electron chi connectivity index (χ0n) is 17.1. The quantitative estimate of drug-likeness (QED) is 0.556. The summed E-state index contributed by atoms with van der Waals surface area (Å²) in [5.74, 6) is 0.552. The van der Waals surface area contributed by atoms with Gasteiger partial charge in [0, 0.05) is 24.2 Å². The average Bonchev–Trinajstić information content (AvgIpc) is 2.72. The number of rotatable bonds is 3. The van der Waals surface area contributed by atoms with Crippen molar-refractivity contribution in [3.05, 3.63) is 53.6 Å². The predicted octanol–water partition coefficient (Wildman–Crippen LogP) is 5.30. The van der Waals surface area contributed by atoms with Crippen molar-refractivity contribution < 1.29 is 18.3 Å². The Hall–Kier alpha value is -2.32. The highest BCUT2D eigenvalue weighted by Gasteiger charge is 2.42. The number of thiocarbonyl (C=S) groups is 1. The molecule has 2 fully saturated rings. The van der Waals surface area contributed by atoms with Gasteiger partial charge in [-0.2, -0.15) is 13.2 Å². The first-order valence-electron chi connectivity index (χ1n) is 10.5. The lowest BCUT2D eigenvalue weighted by atomic mass is 9.69. The Morgan fingerprint density at radius 1 is 1.13 bits per heavy atom. The normalized spacial score (nSPS) is 23.9. The van der Waals surface area contributed by atoms with Gasteiger partial charge in [-0.05, 0) is 67.6 Å². The van der Waals surface area contributed by atoms with Gasteiger partial charge in [-0.1, -0.05) is 25.1 Å². The van der Waals surface area contributed by atoms with E-state index in [9.17, 15) is 18.3 Å². The fraction of sp³-hybridized carbons (Fsp3) is 0.435. The number of anilines is 2. The number of nitrogens with one attached hydrogen (secondary N) is 1. The molecule has 0 radical (unpaired) electrons. The van der Waals surface area contributed by atoms with Crippen LogP contribution in [0.4, 0.5) is 24.5 Å². The van der Waals surface area contributed by atoms with E-state index in [0.29, 0.717) is 29.4 Å². The third-order valence-electron chi connectivity index (χ3n) is 6.53. The summed E-state index contributed by atoms with van der Waals surface area (Å²) >= 11 is 5.44. The van der Waals surface area contributed by atoms with Crippen molar-refractivity contribution in [3.8, 4) is 5.75 Å². The molecule has 4 rings (SSSR count). The number of phenols is 1. The van der Waals surface area contributed by atoms with Crippen molar-refractivity contribution in [2.24, 2.45) is 11.7 Å². The summed E-state index contributed by atoms with van der Waals surface area (Å²) in [6.07, 6.45) is 0.804. The Morgan fingerprint density at radius 3 is 2.58 bits per heavy atom. The maximum Gasteiger partial charge on any atom is 0.416 e. The van der Waals surface area contributed by atoms with Gasteiger partial charge >= 0.3 is 6.18 Å². The number of hydrogen-bond donors (Lipinski definition) is 3. The summed E-state index contributed by atoms with van der Waals surface area (Å²) < 4.78 is 40.2. The van der Waals surface area contributed by atoms with Crippen LogP contribution in [-0.4, -0.2) is 28.7 Å². The highest BCUT2D eigenvalue weighted by Crippen LogP contribution is 2.42. The number of piperidine rings is 1. The second-order valence-electron chi connectivity index (χ2n) is 8.62. The van der Waals surface area contributed by atoms with Gasteiger partial charge < -0.3 is 21.1 Å². The number of phenolic OH excluding ortho intramolecular Hbond substituents is 1. The number of hydrogen-bond acceptors (Lipinski definition) is 4. The molecule has 166 valence electrons. The molecule has 31 heavy (non-hydrogen) atoms. The van der Waals surface area contributed by atoms with E-state index in [1.54, 1.807) is 12.1 Å². The van der Waals surface area contributed by atoms with Crippen LogP contribution >= 0.6 is 12.2 Å². The zero-order chi connectivity index (χ0) is 22.2. The van der Waals surface area contributed by atoms with E-state index in [1.807, 2.05) is 0 Å². The van der Waals surface area contributed by atoms with Crippen LogP contribution in [0.25, 0.3) is 0 Å². The van der Waals surface area contributed by atoms with Crippen molar-refractivity contribution >= 4 is 28.6 Å². The van der Waals surface area contributed by atoms with E-state index in [4.69, 9.17) is 18.0 Å². The average molecular weight is 450 g/mol. The number of halogens is 3. The molecular formula is C23H26F3N3OS. The summed E-state index contributed by atoms with van der Waals surface area (Å²) in [4.78, 5) is 2.37. The lowest BCUT2D eigenvalue weighted by molar-refractivity contribution is -0.137. The number of benzene rings is 2. The number of nitrogens with two attached hydrogens (primary N) is 1. The van der Waals surface area contributed by atoms with Gasteiger partial charge in [-0.15, -0.1) is 0 Å². The molecular weight excluding hydrogens is 423 g/mol. The summed E-state index contributed by atoms with van der Waals surface area (Å²) in [6.45, 7) is 1.36. The molecule has 8 heteroatoms. The molecule has 0 amide bonds. The molecule has 2 aromatic carbocycles. The maximum absolute atomic E-state index is 13.4. The second-order valence-corrected chi connectivity index (χ2v) is 9.03. The van der Waals surface area contributed by atoms with Crippen LogP contribution < -0.4 is 16.0 Å². The third kappa shape index (κ3) is 4.65. The van der Waals surface area contributed by atoms with Crippen molar-refractivity contribution in [2.45, 2.75) is 43.8 Å². The highest BCUT2D eigenvalue weighted by atomic mass is 32.1. The van der Waals surface area contributed by atoms with Crippen LogP contribution in [0.1, 0.15) is 43.2 Å². The summed E-state index contributed by atoms with van der Waals surface area (Å²) in [5.41, 5.74) is 7.30. The largest absolute Gasteiger partial charge is 0.508 e. The predicted molar refractivity (Wildman–Crippen MR) is 121 cm³/mol. The Balaban J connectivity index is 1.65. The van der Waals surface area contributed by atoms with Crippen molar-refractivity contribution in [2.75, 3.05) is 23.3 Å².